The van der Waals surface area contributed by atoms with Crippen LogP contribution in [0.25, 0.3) is 0 Å². The topological polar surface area (TPSA) is 96.2 Å². The second-order valence-corrected chi connectivity index (χ2v) is 10.9. The molecule has 0 aliphatic heterocycles. The third-order valence-electron chi connectivity index (χ3n) is 7.21. The predicted octanol–water partition coefficient (Wildman–Crippen LogP) is 7.74. The van der Waals surface area contributed by atoms with Crippen molar-refractivity contribution >= 4 is 11.9 Å². The highest BCUT2D eigenvalue weighted by Gasteiger charge is 2.19. The van der Waals surface area contributed by atoms with Crippen molar-refractivity contribution in [1.82, 2.24) is 16.0 Å². The van der Waals surface area contributed by atoms with E-state index in [1.54, 1.807) is 0 Å². The lowest BCUT2D eigenvalue weighted by Crippen LogP contribution is -2.50. The van der Waals surface area contributed by atoms with Crippen LogP contribution in [-0.4, -0.2) is 37.6 Å². The van der Waals surface area contributed by atoms with Gasteiger partial charge in [0.1, 0.15) is 6.04 Å². The van der Waals surface area contributed by atoms with E-state index in [2.05, 4.69) is 29.8 Å². The first-order valence-electron chi connectivity index (χ1n) is 16.2. The molecule has 0 rings (SSSR count). The van der Waals surface area contributed by atoms with Gasteiger partial charge in [-0.1, -0.05) is 129 Å². The van der Waals surface area contributed by atoms with E-state index in [-0.39, 0.29) is 11.9 Å². The highest BCUT2D eigenvalue weighted by molar-refractivity contribution is 5.86. The molecule has 0 spiro atoms. The summed E-state index contributed by atoms with van der Waals surface area (Å²) >= 11 is 0. The molecule has 0 aliphatic rings. The number of urea groups is 1. The van der Waals surface area contributed by atoms with Crippen molar-refractivity contribution in [1.29, 1.82) is 0 Å². The maximum Gasteiger partial charge on any atom is 0.315 e. The number of hydrogen-bond acceptors (Lipinski definition) is 3. The van der Waals surface area contributed by atoms with Crippen LogP contribution in [0.2, 0.25) is 0 Å². The molecule has 1 unspecified atom stereocenters. The van der Waals surface area contributed by atoms with Crippen LogP contribution in [0.1, 0.15) is 162 Å². The number of rotatable bonds is 28. The van der Waals surface area contributed by atoms with Gasteiger partial charge in [0, 0.05) is 13.1 Å². The SMILES string of the molecule is CCCCCCCCCCCCCCCCNC(=O)NC(CCCCN)C(=O)NCCCCCCCC. The van der Waals surface area contributed by atoms with Crippen molar-refractivity contribution in [3.8, 4) is 0 Å². The minimum Gasteiger partial charge on any atom is -0.354 e. The first-order valence-corrected chi connectivity index (χ1v) is 16.2. The normalized spacial score (nSPS) is 11.9. The zero-order valence-corrected chi connectivity index (χ0v) is 24.9. The lowest BCUT2D eigenvalue weighted by molar-refractivity contribution is -0.123. The molecule has 0 aromatic rings. The largest absolute Gasteiger partial charge is 0.354 e. The summed E-state index contributed by atoms with van der Waals surface area (Å²) in [6.07, 6.45) is 28.0. The Balaban J connectivity index is 3.82. The van der Waals surface area contributed by atoms with E-state index in [9.17, 15) is 9.59 Å². The molecule has 0 heterocycles. The van der Waals surface area contributed by atoms with Crippen LogP contribution < -0.4 is 21.7 Å². The van der Waals surface area contributed by atoms with Gasteiger partial charge in [-0.15, -0.1) is 0 Å². The van der Waals surface area contributed by atoms with E-state index >= 15 is 0 Å². The Morgan fingerprint density at radius 3 is 1.38 bits per heavy atom. The number of carbonyl (C=O) groups is 2. The zero-order valence-electron chi connectivity index (χ0n) is 24.9. The van der Waals surface area contributed by atoms with Crippen LogP contribution in [0.5, 0.6) is 0 Å². The molecule has 6 heteroatoms. The fourth-order valence-corrected chi connectivity index (χ4v) is 4.73. The summed E-state index contributed by atoms with van der Waals surface area (Å²) < 4.78 is 0. The molecular weight excluding hydrogens is 460 g/mol. The van der Waals surface area contributed by atoms with Gasteiger partial charge in [-0.05, 0) is 38.6 Å². The lowest BCUT2D eigenvalue weighted by atomic mass is 10.0. The highest BCUT2D eigenvalue weighted by Crippen LogP contribution is 2.13. The van der Waals surface area contributed by atoms with Crippen LogP contribution in [0, 0.1) is 0 Å². The second kappa shape index (κ2) is 29.3. The molecule has 0 aromatic heterocycles. The van der Waals surface area contributed by atoms with Crippen molar-refractivity contribution in [3.63, 3.8) is 0 Å². The molecule has 5 N–H and O–H groups in total. The van der Waals surface area contributed by atoms with Gasteiger partial charge in [-0.3, -0.25) is 4.79 Å². The number of nitrogens with two attached hydrogens (primary N) is 1. The monoisotopic (exact) mass is 525 g/mol. The standard InChI is InChI=1S/C31H64N4O2/c1-3-5-7-9-11-12-13-14-15-16-17-18-20-24-28-34-31(37)35-29(25-21-22-26-32)30(36)33-27-23-19-10-8-6-4-2/h29H,3-28,32H2,1-2H3,(H,33,36)(H2,34,35,37). The van der Waals surface area contributed by atoms with Crippen molar-refractivity contribution in [3.05, 3.63) is 0 Å². The number of nitrogens with one attached hydrogen (secondary N) is 3. The van der Waals surface area contributed by atoms with Crippen LogP contribution in [0.3, 0.4) is 0 Å². The van der Waals surface area contributed by atoms with Gasteiger partial charge in [0.05, 0.1) is 0 Å². The van der Waals surface area contributed by atoms with E-state index in [0.29, 0.717) is 26.1 Å². The molecule has 0 aromatic carbocycles. The smallest absolute Gasteiger partial charge is 0.315 e. The Hall–Kier alpha value is -1.30. The van der Waals surface area contributed by atoms with E-state index in [4.69, 9.17) is 5.73 Å². The van der Waals surface area contributed by atoms with Crippen molar-refractivity contribution in [2.75, 3.05) is 19.6 Å². The van der Waals surface area contributed by atoms with E-state index < -0.39 is 6.04 Å². The molecule has 0 bridgehead atoms. The molecule has 37 heavy (non-hydrogen) atoms. The fraction of sp³-hybridized carbons (Fsp3) is 0.935. The van der Waals surface area contributed by atoms with Crippen LogP contribution in [0.15, 0.2) is 0 Å². The zero-order chi connectivity index (χ0) is 27.2. The summed E-state index contributed by atoms with van der Waals surface area (Å²) in [4.78, 5) is 25.0. The van der Waals surface area contributed by atoms with Gasteiger partial charge in [0.2, 0.25) is 5.91 Å². The molecule has 6 nitrogen and oxygen atoms in total. The fourth-order valence-electron chi connectivity index (χ4n) is 4.73. The summed E-state index contributed by atoms with van der Waals surface area (Å²) in [7, 11) is 0. The minimum absolute atomic E-state index is 0.0720. The van der Waals surface area contributed by atoms with Gasteiger partial charge < -0.3 is 21.7 Å². The number of carbonyl (C=O) groups excluding carboxylic acids is 2. The van der Waals surface area contributed by atoms with E-state index in [0.717, 1.165) is 38.5 Å². The van der Waals surface area contributed by atoms with E-state index in [1.165, 1.54) is 103 Å². The molecule has 220 valence electrons. The Bertz CT molecular complexity index is 502. The van der Waals surface area contributed by atoms with Gasteiger partial charge in [0.15, 0.2) is 0 Å². The Morgan fingerprint density at radius 2 is 0.946 bits per heavy atom. The third kappa shape index (κ3) is 26.1. The third-order valence-corrected chi connectivity index (χ3v) is 7.21. The molecular formula is C31H64N4O2. The van der Waals surface area contributed by atoms with Gasteiger partial charge in [0.25, 0.3) is 0 Å². The van der Waals surface area contributed by atoms with Crippen molar-refractivity contribution < 1.29 is 9.59 Å². The first kappa shape index (κ1) is 35.7. The molecule has 0 aliphatic carbocycles. The average Bonchev–Trinajstić information content (AvgIpc) is 2.89. The van der Waals surface area contributed by atoms with Gasteiger partial charge in [-0.2, -0.15) is 0 Å². The van der Waals surface area contributed by atoms with Crippen LogP contribution in [-0.2, 0) is 4.79 Å². The maximum absolute atomic E-state index is 12.6. The summed E-state index contributed by atoms with van der Waals surface area (Å²) in [6, 6.07) is -0.717. The highest BCUT2D eigenvalue weighted by atomic mass is 16.2. The number of hydrogen-bond donors (Lipinski definition) is 4. The minimum atomic E-state index is -0.483. The molecule has 0 fully saturated rings. The van der Waals surface area contributed by atoms with E-state index in [1.807, 2.05) is 0 Å². The van der Waals surface area contributed by atoms with Crippen LogP contribution >= 0.6 is 0 Å². The Kier molecular flexibility index (Phi) is 28.2. The van der Waals surface area contributed by atoms with Crippen molar-refractivity contribution in [2.24, 2.45) is 5.73 Å². The molecule has 3 amide bonds. The molecule has 0 radical (unpaired) electrons. The summed E-state index contributed by atoms with van der Waals surface area (Å²) in [5.74, 6) is -0.0720. The summed E-state index contributed by atoms with van der Waals surface area (Å²) in [5.41, 5.74) is 5.61. The average molecular weight is 525 g/mol. The Labute approximate surface area is 230 Å². The quantitative estimate of drug-likeness (QED) is 0.0788. The molecule has 1 atom stereocenters. The van der Waals surface area contributed by atoms with Gasteiger partial charge in [-0.25, -0.2) is 4.79 Å². The predicted molar refractivity (Wildman–Crippen MR) is 160 cm³/mol. The Morgan fingerprint density at radius 1 is 0.541 bits per heavy atom. The van der Waals surface area contributed by atoms with Crippen LogP contribution in [0.4, 0.5) is 4.79 Å². The number of amides is 3. The van der Waals surface area contributed by atoms with Gasteiger partial charge >= 0.3 is 6.03 Å². The van der Waals surface area contributed by atoms with Crippen molar-refractivity contribution in [2.45, 2.75) is 168 Å². The summed E-state index contributed by atoms with van der Waals surface area (Å²) in [5, 5.41) is 8.85. The molecule has 0 saturated heterocycles. The maximum atomic E-state index is 12.6. The molecule has 0 saturated carbocycles. The second-order valence-electron chi connectivity index (χ2n) is 10.9. The summed E-state index contributed by atoms with van der Waals surface area (Å²) in [6.45, 7) is 6.44. The lowest BCUT2D eigenvalue weighted by Gasteiger charge is -2.19. The first-order chi connectivity index (χ1) is 18.2. The number of unbranched alkanes of at least 4 members (excludes halogenated alkanes) is 19.